The number of nitro benzene ring substituents is 2. The van der Waals surface area contributed by atoms with Crippen LogP contribution in [0.4, 0.5) is 17.1 Å². The Labute approximate surface area is 122 Å². The second-order valence-electron chi connectivity index (χ2n) is 3.44. The molecule has 0 aliphatic carbocycles. The fourth-order valence-electron chi connectivity index (χ4n) is 1.35. The molecule has 0 unspecified atom stereocenters. The molecule has 104 valence electrons. The number of anilines is 1. The molecular formula is C10H12IN3O5. The Morgan fingerprint density at radius 2 is 1.95 bits per heavy atom. The molecular weight excluding hydrogens is 369 g/mol. The molecule has 1 rings (SSSR count). The predicted molar refractivity (Wildman–Crippen MR) is 77.9 cm³/mol. The molecule has 0 radical (unpaired) electrons. The number of rotatable bonds is 8. The molecule has 1 N–H and O–H groups in total. The molecule has 0 atom stereocenters. The van der Waals surface area contributed by atoms with Crippen LogP contribution in [0, 0.1) is 20.2 Å². The van der Waals surface area contributed by atoms with Crippen molar-refractivity contribution in [2.75, 3.05) is 29.5 Å². The number of nitrogens with one attached hydrogen (secondary N) is 1. The maximum Gasteiger partial charge on any atom is 0.299 e. The molecule has 0 saturated carbocycles. The van der Waals surface area contributed by atoms with E-state index in [1.54, 1.807) is 0 Å². The molecule has 1 aromatic rings. The molecule has 8 nitrogen and oxygen atoms in total. The fourth-order valence-corrected chi connectivity index (χ4v) is 1.66. The number of halogens is 1. The van der Waals surface area contributed by atoms with Gasteiger partial charge in [-0.25, -0.2) is 0 Å². The first kappa shape index (κ1) is 15.6. The first-order chi connectivity index (χ1) is 9.06. The lowest BCUT2D eigenvalue weighted by atomic mass is 10.2. The number of nitrogens with zero attached hydrogens (tertiary/aromatic N) is 2. The summed E-state index contributed by atoms with van der Waals surface area (Å²) < 4.78 is 6.09. The van der Waals surface area contributed by atoms with E-state index in [0.29, 0.717) is 19.8 Å². The lowest BCUT2D eigenvalue weighted by molar-refractivity contribution is -0.393. The largest absolute Gasteiger partial charge is 0.379 e. The first-order valence-electron chi connectivity index (χ1n) is 5.36. The van der Waals surface area contributed by atoms with Gasteiger partial charge in [0.15, 0.2) is 0 Å². The van der Waals surface area contributed by atoms with Crippen molar-refractivity contribution in [2.24, 2.45) is 0 Å². The first-order valence-corrected chi connectivity index (χ1v) is 6.89. The summed E-state index contributed by atoms with van der Waals surface area (Å²) in [6, 6.07) is 3.49. The Morgan fingerprint density at radius 1 is 1.21 bits per heavy atom. The van der Waals surface area contributed by atoms with Crippen molar-refractivity contribution in [1.29, 1.82) is 0 Å². The third kappa shape index (κ3) is 4.95. The number of alkyl halides is 1. The second-order valence-corrected chi connectivity index (χ2v) is 4.52. The maximum atomic E-state index is 10.8. The quantitative estimate of drug-likeness (QED) is 0.244. The van der Waals surface area contributed by atoms with Crippen LogP contribution >= 0.6 is 22.6 Å². The van der Waals surface area contributed by atoms with Crippen LogP contribution in [0.1, 0.15) is 0 Å². The molecule has 19 heavy (non-hydrogen) atoms. The normalized spacial score (nSPS) is 10.2. The molecule has 0 saturated heterocycles. The van der Waals surface area contributed by atoms with E-state index in [4.69, 9.17) is 4.74 Å². The van der Waals surface area contributed by atoms with Crippen LogP contribution in [-0.4, -0.2) is 34.0 Å². The van der Waals surface area contributed by atoms with Crippen molar-refractivity contribution in [3.63, 3.8) is 0 Å². The highest BCUT2D eigenvalue weighted by atomic mass is 127. The standard InChI is InChI=1S/C10H12IN3O5/c11-3-5-19-6-4-12-9-2-1-8(13(15)16)7-10(9)14(17)18/h1-2,7,12H,3-6H2. The maximum absolute atomic E-state index is 10.8. The fraction of sp³-hybridized carbons (Fsp3) is 0.400. The monoisotopic (exact) mass is 381 g/mol. The zero-order valence-corrected chi connectivity index (χ0v) is 12.0. The number of ether oxygens (including phenoxy) is 1. The average Bonchev–Trinajstić information content (AvgIpc) is 2.38. The Balaban J connectivity index is 2.71. The molecule has 0 fully saturated rings. The van der Waals surface area contributed by atoms with Crippen LogP contribution in [0.3, 0.4) is 0 Å². The van der Waals surface area contributed by atoms with Gasteiger partial charge in [0, 0.05) is 17.0 Å². The highest BCUT2D eigenvalue weighted by molar-refractivity contribution is 14.1. The Morgan fingerprint density at radius 3 is 2.53 bits per heavy atom. The van der Waals surface area contributed by atoms with Crippen molar-refractivity contribution in [1.82, 2.24) is 0 Å². The van der Waals surface area contributed by atoms with E-state index < -0.39 is 9.85 Å². The smallest absolute Gasteiger partial charge is 0.299 e. The molecule has 0 aliphatic heterocycles. The molecule has 0 spiro atoms. The molecule has 0 amide bonds. The molecule has 0 aliphatic rings. The zero-order chi connectivity index (χ0) is 14.3. The highest BCUT2D eigenvalue weighted by Gasteiger charge is 2.18. The Hall–Kier alpha value is -1.49. The lowest BCUT2D eigenvalue weighted by Crippen LogP contribution is -2.11. The zero-order valence-electron chi connectivity index (χ0n) is 9.87. The summed E-state index contributed by atoms with van der Waals surface area (Å²) in [6.45, 7) is 1.43. The van der Waals surface area contributed by atoms with Crippen molar-refractivity contribution in [2.45, 2.75) is 0 Å². The number of non-ortho nitro benzene ring substituents is 1. The summed E-state index contributed by atoms with van der Waals surface area (Å²) in [5.41, 5.74) is -0.379. The minimum absolute atomic E-state index is 0.244. The van der Waals surface area contributed by atoms with Crippen LogP contribution in [0.25, 0.3) is 0 Å². The summed E-state index contributed by atoms with van der Waals surface area (Å²) in [7, 11) is 0. The van der Waals surface area contributed by atoms with Gasteiger partial charge in [0.05, 0.1) is 29.1 Å². The van der Waals surface area contributed by atoms with Gasteiger partial charge in [-0.3, -0.25) is 20.2 Å². The number of nitro groups is 2. The SMILES string of the molecule is O=[N+]([O-])c1ccc(NCCOCCI)c([N+](=O)[O-])c1. The Kier molecular flexibility index (Phi) is 6.42. The minimum atomic E-state index is -0.666. The van der Waals surface area contributed by atoms with Gasteiger partial charge < -0.3 is 10.1 Å². The van der Waals surface area contributed by atoms with E-state index in [1.165, 1.54) is 12.1 Å². The molecule has 9 heteroatoms. The predicted octanol–water partition coefficient (Wildman–Crippen LogP) is 2.37. The van der Waals surface area contributed by atoms with E-state index in [2.05, 4.69) is 27.9 Å². The molecule has 0 bridgehead atoms. The van der Waals surface area contributed by atoms with Crippen molar-refractivity contribution < 1.29 is 14.6 Å². The van der Waals surface area contributed by atoms with Gasteiger partial charge in [-0.2, -0.15) is 0 Å². The van der Waals surface area contributed by atoms with Gasteiger partial charge in [-0.15, -0.1) is 0 Å². The van der Waals surface area contributed by atoms with Gasteiger partial charge in [-0.05, 0) is 6.07 Å². The summed E-state index contributed by atoms with van der Waals surface area (Å²) in [5, 5.41) is 24.2. The number of benzene rings is 1. The Bertz CT molecular complexity index is 468. The van der Waals surface area contributed by atoms with Gasteiger partial charge in [0.25, 0.3) is 11.4 Å². The van der Waals surface area contributed by atoms with Crippen molar-refractivity contribution in [3.8, 4) is 0 Å². The summed E-state index contributed by atoms with van der Waals surface area (Å²) in [4.78, 5) is 20.1. The molecule has 0 heterocycles. The molecule has 1 aromatic carbocycles. The summed E-state index contributed by atoms with van der Waals surface area (Å²) >= 11 is 2.18. The second kappa shape index (κ2) is 7.84. The summed E-state index contributed by atoms with van der Waals surface area (Å²) in [6.07, 6.45) is 0. The molecule has 0 aromatic heterocycles. The van der Waals surface area contributed by atoms with Crippen LogP contribution in [0.5, 0.6) is 0 Å². The average molecular weight is 381 g/mol. The van der Waals surface area contributed by atoms with Crippen LogP contribution < -0.4 is 5.32 Å². The van der Waals surface area contributed by atoms with Crippen LogP contribution in [0.15, 0.2) is 18.2 Å². The van der Waals surface area contributed by atoms with E-state index in [1.807, 2.05) is 0 Å². The highest BCUT2D eigenvalue weighted by Crippen LogP contribution is 2.28. The van der Waals surface area contributed by atoms with Crippen LogP contribution in [0.2, 0.25) is 0 Å². The van der Waals surface area contributed by atoms with Gasteiger partial charge in [0.2, 0.25) is 0 Å². The van der Waals surface area contributed by atoms with Crippen LogP contribution in [-0.2, 0) is 4.74 Å². The third-order valence-corrected chi connectivity index (χ3v) is 2.61. The van der Waals surface area contributed by atoms with Crippen molar-refractivity contribution in [3.05, 3.63) is 38.4 Å². The van der Waals surface area contributed by atoms with E-state index >= 15 is 0 Å². The van der Waals surface area contributed by atoms with E-state index in [-0.39, 0.29) is 17.1 Å². The van der Waals surface area contributed by atoms with E-state index in [0.717, 1.165) is 10.5 Å². The summed E-state index contributed by atoms with van der Waals surface area (Å²) in [5.74, 6) is 0. The van der Waals surface area contributed by atoms with Gasteiger partial charge in [0.1, 0.15) is 5.69 Å². The topological polar surface area (TPSA) is 108 Å². The van der Waals surface area contributed by atoms with Gasteiger partial charge in [-0.1, -0.05) is 22.6 Å². The number of hydrogen-bond donors (Lipinski definition) is 1. The van der Waals surface area contributed by atoms with Crippen molar-refractivity contribution >= 4 is 39.7 Å². The minimum Gasteiger partial charge on any atom is -0.379 e. The third-order valence-electron chi connectivity index (χ3n) is 2.17. The number of hydrogen-bond acceptors (Lipinski definition) is 6. The van der Waals surface area contributed by atoms with Gasteiger partial charge >= 0.3 is 0 Å². The van der Waals surface area contributed by atoms with E-state index in [9.17, 15) is 20.2 Å². The lowest BCUT2D eigenvalue weighted by Gasteiger charge is -2.07.